The van der Waals surface area contributed by atoms with Crippen molar-refractivity contribution in [3.8, 4) is 6.07 Å². The normalized spacial score (nSPS) is 24.4. The highest BCUT2D eigenvalue weighted by molar-refractivity contribution is 5.54. The largest absolute Gasteiger partial charge is 0.508 e. The molecule has 1 unspecified atom stereocenters. The van der Waals surface area contributed by atoms with E-state index in [1.807, 2.05) is 6.07 Å². The number of rotatable bonds is 0. The number of hydrogen-bond acceptors (Lipinski definition) is 4. The fourth-order valence-electron chi connectivity index (χ4n) is 1.41. The molecule has 3 N–H and O–H groups in total. The molecule has 0 fully saturated rings. The molecule has 0 aromatic heterocycles. The van der Waals surface area contributed by atoms with Crippen molar-refractivity contribution >= 4 is 0 Å². The number of allylic oxidation sites excluding steroid dienone is 2. The molecule has 0 saturated carbocycles. The van der Waals surface area contributed by atoms with Gasteiger partial charge in [-0.25, -0.2) is 0 Å². The lowest BCUT2D eigenvalue weighted by molar-refractivity contribution is 0.206. The molecule has 0 bridgehead atoms. The van der Waals surface area contributed by atoms with Gasteiger partial charge in [-0.1, -0.05) is 0 Å². The van der Waals surface area contributed by atoms with Crippen molar-refractivity contribution in [1.82, 2.24) is 0 Å². The monoisotopic (exact) mass is 188 g/mol. The third-order valence-corrected chi connectivity index (χ3v) is 2.09. The van der Waals surface area contributed by atoms with E-state index in [2.05, 4.69) is 0 Å². The van der Waals surface area contributed by atoms with E-state index in [1.165, 1.54) is 18.4 Å². The molecule has 1 atom stereocenters. The molecule has 4 nitrogen and oxygen atoms in total. The maximum Gasteiger partial charge on any atom is 0.146 e. The topological polar surface area (TPSA) is 79.3 Å². The molecular formula is C10H8N2O2. The maximum absolute atomic E-state index is 9.21. The van der Waals surface area contributed by atoms with E-state index in [-0.39, 0.29) is 5.76 Å². The van der Waals surface area contributed by atoms with Gasteiger partial charge in [-0.3, -0.25) is 0 Å². The molecule has 1 aliphatic carbocycles. The number of ether oxygens (including phenoxy) is 1. The molecule has 1 heterocycles. The van der Waals surface area contributed by atoms with Gasteiger partial charge in [0.05, 0.1) is 11.3 Å². The van der Waals surface area contributed by atoms with Crippen LogP contribution in [0.15, 0.2) is 47.1 Å². The van der Waals surface area contributed by atoms with Gasteiger partial charge in [-0.15, -0.1) is 0 Å². The fourth-order valence-corrected chi connectivity index (χ4v) is 1.41. The van der Waals surface area contributed by atoms with Crippen LogP contribution in [0.1, 0.15) is 0 Å². The number of nitrogens with two attached hydrogens (primary N) is 1. The molecule has 1 aliphatic heterocycles. The SMILES string of the molecule is N#CC1=C2C=CC(O)=CC2OC=C1N. The van der Waals surface area contributed by atoms with Gasteiger partial charge in [0.15, 0.2) is 0 Å². The first-order valence-electron chi connectivity index (χ1n) is 4.07. The first kappa shape index (κ1) is 8.45. The van der Waals surface area contributed by atoms with Gasteiger partial charge in [-0.2, -0.15) is 5.26 Å². The van der Waals surface area contributed by atoms with E-state index in [0.717, 1.165) is 0 Å². The number of fused-ring (bicyclic) bond motifs is 1. The van der Waals surface area contributed by atoms with Gasteiger partial charge in [0, 0.05) is 11.6 Å². The van der Waals surface area contributed by atoms with Crippen LogP contribution >= 0.6 is 0 Å². The Morgan fingerprint density at radius 1 is 1.50 bits per heavy atom. The Hall–Kier alpha value is -2.15. The van der Waals surface area contributed by atoms with Crippen molar-refractivity contribution in [2.45, 2.75) is 6.10 Å². The van der Waals surface area contributed by atoms with E-state index in [0.29, 0.717) is 16.8 Å². The van der Waals surface area contributed by atoms with Crippen molar-refractivity contribution < 1.29 is 9.84 Å². The van der Waals surface area contributed by atoms with Crippen molar-refractivity contribution in [2.75, 3.05) is 0 Å². The predicted molar refractivity (Wildman–Crippen MR) is 49.6 cm³/mol. The number of aliphatic hydroxyl groups is 1. The molecule has 70 valence electrons. The van der Waals surface area contributed by atoms with Crippen LogP contribution in [-0.2, 0) is 4.74 Å². The highest BCUT2D eigenvalue weighted by Gasteiger charge is 2.24. The van der Waals surface area contributed by atoms with Crippen LogP contribution in [0.2, 0.25) is 0 Å². The average Bonchev–Trinajstić information content (AvgIpc) is 2.18. The zero-order chi connectivity index (χ0) is 10.1. The van der Waals surface area contributed by atoms with E-state index in [1.54, 1.807) is 6.08 Å². The molecule has 0 aromatic rings. The summed E-state index contributed by atoms with van der Waals surface area (Å²) in [4.78, 5) is 0. The van der Waals surface area contributed by atoms with Crippen molar-refractivity contribution in [1.29, 1.82) is 5.26 Å². The second-order valence-electron chi connectivity index (χ2n) is 3.00. The third kappa shape index (κ3) is 1.15. The minimum Gasteiger partial charge on any atom is -0.508 e. The second kappa shape index (κ2) is 2.96. The van der Waals surface area contributed by atoms with Crippen LogP contribution in [-0.4, -0.2) is 11.2 Å². The van der Waals surface area contributed by atoms with Crippen LogP contribution < -0.4 is 5.73 Å². The summed E-state index contributed by atoms with van der Waals surface area (Å²) < 4.78 is 5.21. The summed E-state index contributed by atoms with van der Waals surface area (Å²) in [6.07, 6.45) is 5.59. The summed E-state index contributed by atoms with van der Waals surface area (Å²) in [5, 5.41) is 18.1. The Kier molecular flexibility index (Phi) is 1.79. The van der Waals surface area contributed by atoms with Crippen LogP contribution in [0.5, 0.6) is 0 Å². The van der Waals surface area contributed by atoms with E-state index >= 15 is 0 Å². The summed E-state index contributed by atoms with van der Waals surface area (Å²) in [5.74, 6) is 0.130. The van der Waals surface area contributed by atoms with Crippen LogP contribution in [0.25, 0.3) is 0 Å². The van der Waals surface area contributed by atoms with Gasteiger partial charge in [-0.05, 0) is 12.2 Å². The number of nitriles is 1. The molecule has 4 heteroatoms. The number of aliphatic hydroxyl groups excluding tert-OH is 1. The number of hydrogen-bond donors (Lipinski definition) is 2. The first-order valence-corrected chi connectivity index (χ1v) is 4.07. The minimum atomic E-state index is -0.401. The lowest BCUT2D eigenvalue weighted by atomic mass is 9.95. The lowest BCUT2D eigenvalue weighted by Gasteiger charge is -2.23. The molecule has 0 amide bonds. The van der Waals surface area contributed by atoms with E-state index < -0.39 is 6.10 Å². The molecular weight excluding hydrogens is 180 g/mol. The summed E-state index contributed by atoms with van der Waals surface area (Å²) in [6, 6.07) is 2.01. The molecule has 0 spiro atoms. The highest BCUT2D eigenvalue weighted by atomic mass is 16.5. The Bertz CT molecular complexity index is 436. The summed E-state index contributed by atoms with van der Waals surface area (Å²) >= 11 is 0. The smallest absolute Gasteiger partial charge is 0.146 e. The Morgan fingerprint density at radius 3 is 3.00 bits per heavy atom. The van der Waals surface area contributed by atoms with E-state index in [9.17, 15) is 5.11 Å². The Morgan fingerprint density at radius 2 is 2.29 bits per heavy atom. The summed E-state index contributed by atoms with van der Waals surface area (Å²) in [7, 11) is 0. The molecule has 2 aliphatic rings. The number of nitrogens with zero attached hydrogens (tertiary/aromatic N) is 1. The van der Waals surface area contributed by atoms with Crippen LogP contribution in [0.4, 0.5) is 0 Å². The van der Waals surface area contributed by atoms with Gasteiger partial charge >= 0.3 is 0 Å². The minimum absolute atomic E-state index is 0.130. The predicted octanol–water partition coefficient (Wildman–Crippen LogP) is 1.02. The molecule has 0 aromatic carbocycles. The molecule has 0 radical (unpaired) electrons. The van der Waals surface area contributed by atoms with Gasteiger partial charge in [0.1, 0.15) is 24.2 Å². The average molecular weight is 188 g/mol. The maximum atomic E-state index is 9.21. The van der Waals surface area contributed by atoms with Gasteiger partial charge in [0.2, 0.25) is 0 Å². The second-order valence-corrected chi connectivity index (χ2v) is 3.00. The quantitative estimate of drug-likeness (QED) is 0.594. The lowest BCUT2D eigenvalue weighted by Crippen LogP contribution is -2.21. The van der Waals surface area contributed by atoms with Crippen LogP contribution in [0, 0.1) is 11.3 Å². The Labute approximate surface area is 80.9 Å². The molecule has 0 saturated heterocycles. The van der Waals surface area contributed by atoms with E-state index in [4.69, 9.17) is 15.7 Å². The summed E-state index contributed by atoms with van der Waals surface area (Å²) in [6.45, 7) is 0. The zero-order valence-corrected chi connectivity index (χ0v) is 7.27. The van der Waals surface area contributed by atoms with Gasteiger partial charge in [0.25, 0.3) is 0 Å². The standard InChI is InChI=1S/C10H8N2O2/c11-4-8-7-2-1-6(13)3-10(7)14-5-9(8)12/h1-3,5,10,13H,12H2. The first-order chi connectivity index (χ1) is 6.72. The summed E-state index contributed by atoms with van der Waals surface area (Å²) in [5.41, 5.74) is 6.98. The Balaban J connectivity index is 2.50. The van der Waals surface area contributed by atoms with Gasteiger partial charge < -0.3 is 15.6 Å². The third-order valence-electron chi connectivity index (χ3n) is 2.09. The fraction of sp³-hybridized carbons (Fsp3) is 0.100. The van der Waals surface area contributed by atoms with Crippen molar-refractivity contribution in [2.24, 2.45) is 5.73 Å². The molecule has 14 heavy (non-hydrogen) atoms. The van der Waals surface area contributed by atoms with Crippen molar-refractivity contribution in [3.63, 3.8) is 0 Å². The highest BCUT2D eigenvalue weighted by Crippen LogP contribution is 2.27. The molecule has 2 rings (SSSR count). The van der Waals surface area contributed by atoms with Crippen molar-refractivity contribution in [3.05, 3.63) is 47.1 Å². The zero-order valence-electron chi connectivity index (χ0n) is 7.27. The van der Waals surface area contributed by atoms with Crippen LogP contribution in [0.3, 0.4) is 0 Å².